The van der Waals surface area contributed by atoms with Gasteiger partial charge in [-0.05, 0) is 25.5 Å². The molecule has 1 unspecified atom stereocenters. The second-order valence-corrected chi connectivity index (χ2v) is 6.82. The smallest absolute Gasteiger partial charge is 0.153 e. The molecule has 1 aliphatic rings. The fraction of sp³-hybridized carbons (Fsp3) is 0.389. The maximum Gasteiger partial charge on any atom is 0.153 e. The van der Waals surface area contributed by atoms with Gasteiger partial charge in [0.15, 0.2) is 5.82 Å². The van der Waals surface area contributed by atoms with E-state index < -0.39 is 0 Å². The fourth-order valence-corrected chi connectivity index (χ4v) is 3.35. The summed E-state index contributed by atoms with van der Waals surface area (Å²) < 4.78 is 0. The van der Waals surface area contributed by atoms with Crippen molar-refractivity contribution in [1.29, 1.82) is 0 Å². The van der Waals surface area contributed by atoms with Gasteiger partial charge in [0.25, 0.3) is 0 Å². The minimum absolute atomic E-state index is 0.359. The van der Waals surface area contributed by atoms with E-state index in [0.29, 0.717) is 17.3 Å². The molecule has 4 heterocycles. The van der Waals surface area contributed by atoms with Crippen LogP contribution in [0.15, 0.2) is 24.5 Å². The normalized spacial score (nSPS) is 17.0. The van der Waals surface area contributed by atoms with Crippen LogP contribution in [0.1, 0.15) is 23.9 Å². The Morgan fingerprint density at radius 2 is 2.00 bits per heavy atom. The number of nitrogen functional groups attached to an aromatic ring is 1. The first-order valence-electron chi connectivity index (χ1n) is 8.66. The molecule has 4 rings (SSSR count). The lowest BCUT2D eigenvalue weighted by molar-refractivity contribution is 0.731. The molecular weight excluding hydrogens is 328 g/mol. The lowest BCUT2D eigenvalue weighted by atomic mass is 10.0. The van der Waals surface area contributed by atoms with Crippen LogP contribution in [0.4, 0.5) is 17.5 Å². The van der Waals surface area contributed by atoms with Crippen LogP contribution in [0.2, 0.25) is 0 Å². The third-order valence-corrected chi connectivity index (χ3v) is 4.73. The van der Waals surface area contributed by atoms with Crippen molar-refractivity contribution < 1.29 is 0 Å². The van der Waals surface area contributed by atoms with Gasteiger partial charge in [-0.2, -0.15) is 0 Å². The van der Waals surface area contributed by atoms with Crippen molar-refractivity contribution >= 4 is 28.5 Å². The van der Waals surface area contributed by atoms with Crippen LogP contribution in [0.25, 0.3) is 11.0 Å². The fourth-order valence-electron chi connectivity index (χ4n) is 3.35. The highest BCUT2D eigenvalue weighted by atomic mass is 15.2. The van der Waals surface area contributed by atoms with Gasteiger partial charge in [-0.3, -0.25) is 0 Å². The summed E-state index contributed by atoms with van der Waals surface area (Å²) >= 11 is 0. The molecule has 1 saturated heterocycles. The van der Waals surface area contributed by atoms with Crippen LogP contribution in [-0.2, 0) is 0 Å². The van der Waals surface area contributed by atoms with Gasteiger partial charge in [0.1, 0.15) is 29.3 Å². The van der Waals surface area contributed by atoms with E-state index in [2.05, 4.69) is 35.9 Å². The first-order valence-corrected chi connectivity index (χ1v) is 8.66. The molecule has 0 bridgehead atoms. The number of nitrogens with zero attached hydrogens (tertiary/aromatic N) is 7. The Kier molecular flexibility index (Phi) is 4.02. The first kappa shape index (κ1) is 16.4. The Morgan fingerprint density at radius 3 is 2.81 bits per heavy atom. The molecule has 0 spiro atoms. The van der Waals surface area contributed by atoms with E-state index in [0.717, 1.165) is 48.2 Å². The number of aryl methyl sites for hydroxylation is 1. The van der Waals surface area contributed by atoms with Crippen molar-refractivity contribution in [3.05, 3.63) is 36.0 Å². The van der Waals surface area contributed by atoms with E-state index in [9.17, 15) is 0 Å². The second kappa shape index (κ2) is 6.36. The summed E-state index contributed by atoms with van der Waals surface area (Å²) in [7, 11) is 4.00. The van der Waals surface area contributed by atoms with E-state index in [-0.39, 0.29) is 0 Å². The van der Waals surface area contributed by atoms with Gasteiger partial charge >= 0.3 is 0 Å². The summed E-state index contributed by atoms with van der Waals surface area (Å²) in [5, 5.41) is 0. The standard InChI is InChI=1S/C18H22N8/c1-11-22-14(8-16(23-11)25(2)3)12-6-7-26(9-12)15-5-4-13-17(24-15)18(19)21-10-20-13/h4-5,8,10,12H,6-7,9H2,1-3H3,(H2,19,20,21). The molecule has 2 N–H and O–H groups in total. The van der Waals surface area contributed by atoms with Gasteiger partial charge in [0.05, 0.1) is 11.2 Å². The van der Waals surface area contributed by atoms with E-state index in [1.165, 1.54) is 6.33 Å². The summed E-state index contributed by atoms with van der Waals surface area (Å²) in [4.78, 5) is 26.4. The predicted octanol–water partition coefficient (Wildman–Crippen LogP) is 1.77. The molecular formula is C18H22N8. The van der Waals surface area contributed by atoms with Crippen LogP contribution in [-0.4, -0.2) is 52.1 Å². The Bertz CT molecular complexity index is 955. The zero-order chi connectivity index (χ0) is 18.3. The molecule has 0 aliphatic carbocycles. The zero-order valence-electron chi connectivity index (χ0n) is 15.2. The quantitative estimate of drug-likeness (QED) is 0.763. The van der Waals surface area contributed by atoms with Crippen molar-refractivity contribution in [3.8, 4) is 0 Å². The predicted molar refractivity (Wildman–Crippen MR) is 102 cm³/mol. The van der Waals surface area contributed by atoms with Crippen LogP contribution in [0, 0.1) is 6.92 Å². The average Bonchev–Trinajstić information content (AvgIpc) is 3.11. The molecule has 0 saturated carbocycles. The van der Waals surface area contributed by atoms with Crippen molar-refractivity contribution in [3.63, 3.8) is 0 Å². The van der Waals surface area contributed by atoms with Crippen molar-refractivity contribution in [2.45, 2.75) is 19.3 Å². The summed E-state index contributed by atoms with van der Waals surface area (Å²) in [6.07, 6.45) is 2.49. The van der Waals surface area contributed by atoms with Crippen LogP contribution in [0.5, 0.6) is 0 Å². The summed E-state index contributed by atoms with van der Waals surface area (Å²) in [5.74, 6) is 3.42. The molecule has 1 aliphatic heterocycles. The van der Waals surface area contributed by atoms with E-state index >= 15 is 0 Å². The number of pyridine rings is 1. The number of anilines is 3. The maximum atomic E-state index is 5.95. The number of fused-ring (bicyclic) bond motifs is 1. The number of hydrogen-bond acceptors (Lipinski definition) is 8. The van der Waals surface area contributed by atoms with Gasteiger partial charge in [-0.25, -0.2) is 24.9 Å². The number of rotatable bonds is 3. The first-order chi connectivity index (χ1) is 12.5. The molecule has 0 aromatic carbocycles. The summed E-state index contributed by atoms with van der Waals surface area (Å²) in [6.45, 7) is 3.74. The minimum Gasteiger partial charge on any atom is -0.382 e. The molecule has 26 heavy (non-hydrogen) atoms. The van der Waals surface area contributed by atoms with E-state index in [4.69, 9.17) is 5.73 Å². The average molecular weight is 350 g/mol. The molecule has 1 fully saturated rings. The van der Waals surface area contributed by atoms with E-state index in [1.807, 2.05) is 38.1 Å². The summed E-state index contributed by atoms with van der Waals surface area (Å²) in [5.41, 5.74) is 8.46. The molecule has 0 amide bonds. The maximum absolute atomic E-state index is 5.95. The van der Waals surface area contributed by atoms with Gasteiger partial charge < -0.3 is 15.5 Å². The lowest BCUT2D eigenvalue weighted by Gasteiger charge is -2.19. The highest BCUT2D eigenvalue weighted by molar-refractivity contribution is 5.84. The second-order valence-electron chi connectivity index (χ2n) is 6.82. The Labute approximate surface area is 152 Å². The molecule has 1 atom stereocenters. The third kappa shape index (κ3) is 2.98. The van der Waals surface area contributed by atoms with Crippen molar-refractivity contribution in [2.75, 3.05) is 42.7 Å². The Hall–Kier alpha value is -3.03. The number of nitrogens with two attached hydrogens (primary N) is 1. The number of aromatic nitrogens is 5. The highest BCUT2D eigenvalue weighted by Gasteiger charge is 2.27. The summed E-state index contributed by atoms with van der Waals surface area (Å²) in [6, 6.07) is 6.02. The Morgan fingerprint density at radius 1 is 1.15 bits per heavy atom. The van der Waals surface area contributed by atoms with Gasteiger partial charge in [0, 0.05) is 39.2 Å². The lowest BCUT2D eigenvalue weighted by Crippen LogP contribution is -2.21. The highest BCUT2D eigenvalue weighted by Crippen LogP contribution is 2.31. The molecule has 134 valence electrons. The van der Waals surface area contributed by atoms with Gasteiger partial charge in [-0.1, -0.05) is 0 Å². The molecule has 8 nitrogen and oxygen atoms in total. The Balaban J connectivity index is 1.60. The largest absolute Gasteiger partial charge is 0.382 e. The SMILES string of the molecule is Cc1nc(C2CCN(c3ccc4ncnc(N)c4n3)C2)cc(N(C)C)n1. The van der Waals surface area contributed by atoms with Crippen molar-refractivity contribution in [1.82, 2.24) is 24.9 Å². The third-order valence-electron chi connectivity index (χ3n) is 4.73. The molecule has 8 heteroatoms. The number of hydrogen-bond donors (Lipinski definition) is 1. The van der Waals surface area contributed by atoms with Crippen LogP contribution in [0.3, 0.4) is 0 Å². The van der Waals surface area contributed by atoms with Crippen LogP contribution < -0.4 is 15.5 Å². The van der Waals surface area contributed by atoms with Gasteiger partial charge in [0.2, 0.25) is 0 Å². The van der Waals surface area contributed by atoms with E-state index in [1.54, 1.807) is 0 Å². The molecule has 3 aromatic rings. The minimum atomic E-state index is 0.359. The molecule has 0 radical (unpaired) electrons. The van der Waals surface area contributed by atoms with Gasteiger partial charge in [-0.15, -0.1) is 0 Å². The zero-order valence-corrected chi connectivity index (χ0v) is 15.2. The van der Waals surface area contributed by atoms with Crippen LogP contribution >= 0.6 is 0 Å². The molecule has 3 aromatic heterocycles. The van der Waals surface area contributed by atoms with Crippen molar-refractivity contribution in [2.24, 2.45) is 0 Å². The topological polar surface area (TPSA) is 97.0 Å². The monoisotopic (exact) mass is 350 g/mol.